The molecule has 0 amide bonds. The van der Waals surface area contributed by atoms with E-state index in [-0.39, 0.29) is 40.4 Å². The molecular formula is C41H51NO10. The maximum absolute atomic E-state index is 15.3. The van der Waals surface area contributed by atoms with Crippen LogP contribution in [-0.4, -0.2) is 69.1 Å². The van der Waals surface area contributed by atoms with Crippen LogP contribution in [0, 0.1) is 11.3 Å². The number of allylic oxidation sites excluding steroid dienone is 2. The Hall–Kier alpha value is -3.93. The van der Waals surface area contributed by atoms with Gasteiger partial charge < -0.3 is 38.1 Å². The van der Waals surface area contributed by atoms with E-state index in [4.69, 9.17) is 32.9 Å². The Morgan fingerprint density at radius 3 is 2.19 bits per heavy atom. The smallest absolute Gasteiger partial charge is 0.265 e. The van der Waals surface area contributed by atoms with Gasteiger partial charge in [-0.2, -0.15) is 0 Å². The summed E-state index contributed by atoms with van der Waals surface area (Å²) in [5.41, 5.74) is -0.0325. The number of aliphatic hydroxyl groups is 1. The number of methoxy groups -OCH3 is 4. The molecule has 280 valence electrons. The lowest BCUT2D eigenvalue weighted by atomic mass is 9.54. The number of ketones is 2. The predicted molar refractivity (Wildman–Crippen MR) is 193 cm³/mol. The molecule has 1 N–H and O–H groups in total. The summed E-state index contributed by atoms with van der Waals surface area (Å²) in [6.07, 6.45) is 7.86. The number of nitrogens with zero attached hydrogens (tertiary/aromatic N) is 1. The number of unbranched alkanes of at least 4 members (excludes halogenated alkanes) is 2. The molecule has 11 heteroatoms. The highest BCUT2D eigenvalue weighted by molar-refractivity contribution is 6.28. The second kappa shape index (κ2) is 12.9. The van der Waals surface area contributed by atoms with Gasteiger partial charge in [0.1, 0.15) is 22.8 Å². The Balaban J connectivity index is 1.60. The van der Waals surface area contributed by atoms with Gasteiger partial charge in [-0.3, -0.25) is 9.59 Å². The summed E-state index contributed by atoms with van der Waals surface area (Å²) in [6.45, 7) is 11.6. The van der Waals surface area contributed by atoms with E-state index in [1.165, 1.54) is 26.9 Å². The zero-order valence-corrected chi connectivity index (χ0v) is 31.9. The first-order valence-electron chi connectivity index (χ1n) is 18.5. The van der Waals surface area contributed by atoms with Crippen LogP contribution in [0.5, 0.6) is 23.1 Å². The molecule has 0 saturated heterocycles. The van der Waals surface area contributed by atoms with Crippen molar-refractivity contribution in [3.8, 4) is 23.1 Å². The molecular weight excluding hydrogens is 666 g/mol. The summed E-state index contributed by atoms with van der Waals surface area (Å²) in [5, 5.41) is 18.3. The summed E-state index contributed by atoms with van der Waals surface area (Å²) in [4.78, 5) is 30.0. The van der Waals surface area contributed by atoms with Crippen molar-refractivity contribution in [2.75, 3.05) is 41.7 Å². The summed E-state index contributed by atoms with van der Waals surface area (Å²) in [6, 6.07) is 1.90. The molecule has 1 aromatic heterocycles. The molecule has 0 unspecified atom stereocenters. The van der Waals surface area contributed by atoms with Crippen molar-refractivity contribution in [3.05, 3.63) is 51.3 Å². The van der Waals surface area contributed by atoms with Crippen molar-refractivity contribution in [2.24, 2.45) is 11.3 Å². The zero-order chi connectivity index (χ0) is 37.4. The van der Waals surface area contributed by atoms with Gasteiger partial charge in [-0.1, -0.05) is 52.2 Å². The van der Waals surface area contributed by atoms with Crippen molar-refractivity contribution >= 4 is 22.3 Å². The number of ether oxygens (including phenoxy) is 6. The maximum Gasteiger partial charge on any atom is 0.265 e. The number of benzene rings is 2. The fraction of sp³-hybridized carbons (Fsp3) is 0.585. The maximum atomic E-state index is 15.3. The zero-order valence-electron chi connectivity index (χ0n) is 31.9. The Kier molecular flexibility index (Phi) is 9.02. The van der Waals surface area contributed by atoms with Gasteiger partial charge in [0, 0.05) is 48.6 Å². The van der Waals surface area contributed by atoms with Crippen LogP contribution in [-0.2, 0) is 33.5 Å². The molecule has 1 heterocycles. The molecule has 0 aliphatic heterocycles. The Morgan fingerprint density at radius 1 is 0.904 bits per heavy atom. The summed E-state index contributed by atoms with van der Waals surface area (Å²) in [7, 11) is 6.10. The van der Waals surface area contributed by atoms with Gasteiger partial charge in [0.2, 0.25) is 17.4 Å². The number of aromatic nitrogens is 1. The lowest BCUT2D eigenvalue weighted by Crippen LogP contribution is -2.66. The number of Topliss-reactive ketones (excluding diaryl/α,β-unsaturated/α-hetero) is 2. The Bertz CT molecular complexity index is 1990. The van der Waals surface area contributed by atoms with E-state index in [9.17, 15) is 9.90 Å². The van der Waals surface area contributed by atoms with E-state index in [2.05, 4.69) is 38.9 Å². The second-order valence-electron chi connectivity index (χ2n) is 15.3. The molecule has 1 spiro atoms. The molecule has 0 radical (unpaired) electrons. The van der Waals surface area contributed by atoms with Crippen LogP contribution >= 0.6 is 0 Å². The lowest BCUT2D eigenvalue weighted by Gasteiger charge is -2.51. The molecule has 7 rings (SSSR count). The highest BCUT2D eigenvalue weighted by Crippen LogP contribution is 2.67. The van der Waals surface area contributed by atoms with Gasteiger partial charge in [-0.15, -0.1) is 0 Å². The van der Waals surface area contributed by atoms with Crippen molar-refractivity contribution in [1.82, 2.24) is 5.16 Å². The third-order valence-corrected chi connectivity index (χ3v) is 12.6. The van der Waals surface area contributed by atoms with E-state index < -0.39 is 34.3 Å². The highest BCUT2D eigenvalue weighted by Gasteiger charge is 2.70. The summed E-state index contributed by atoms with van der Waals surface area (Å²) in [5.74, 6) is -3.24. The largest absolute Gasteiger partial charge is 0.496 e. The van der Waals surface area contributed by atoms with Crippen molar-refractivity contribution < 1.29 is 47.6 Å². The minimum atomic E-state index is -2.64. The number of hydrogen-bond donors (Lipinski definition) is 1. The number of carbonyl (C=O) groups is 2. The Morgan fingerprint density at radius 2 is 1.58 bits per heavy atom. The first-order chi connectivity index (χ1) is 24.9. The minimum absolute atomic E-state index is 0.0258. The van der Waals surface area contributed by atoms with Gasteiger partial charge in [0.25, 0.3) is 5.88 Å². The van der Waals surface area contributed by atoms with E-state index >= 15 is 4.79 Å². The third kappa shape index (κ3) is 4.51. The van der Waals surface area contributed by atoms with E-state index in [1.807, 2.05) is 13.0 Å². The average Bonchev–Trinajstić information content (AvgIpc) is 3.71. The van der Waals surface area contributed by atoms with Crippen LogP contribution in [0.25, 0.3) is 10.8 Å². The van der Waals surface area contributed by atoms with Crippen LogP contribution in [0.2, 0.25) is 0 Å². The number of carbonyl (C=O) groups excluding carboxylic acids is 2. The molecule has 3 atom stereocenters. The molecule has 4 aliphatic rings. The van der Waals surface area contributed by atoms with Crippen molar-refractivity contribution in [3.63, 3.8) is 0 Å². The van der Waals surface area contributed by atoms with Crippen LogP contribution in [0.4, 0.5) is 0 Å². The highest BCUT2D eigenvalue weighted by atomic mass is 16.7. The first-order valence-corrected chi connectivity index (χ1v) is 18.5. The second-order valence-corrected chi connectivity index (χ2v) is 15.3. The SMILES string of the molecule is CCCCOc1noc2c1C(=O)[C@]1(O)C(=O)c3c(c4c5c(c(OC)cc(OCCCC)c5c3OC)[C@@]3(C4)C(C)=CCCC3(C)C)C(OC)(OC)[C@@H]1C2. The number of hydrogen-bond acceptors (Lipinski definition) is 11. The van der Waals surface area contributed by atoms with E-state index in [0.29, 0.717) is 42.1 Å². The third-order valence-electron chi connectivity index (χ3n) is 12.6. The van der Waals surface area contributed by atoms with Crippen molar-refractivity contribution in [2.45, 2.75) is 103 Å². The summed E-state index contributed by atoms with van der Waals surface area (Å²) < 4.78 is 43.4. The van der Waals surface area contributed by atoms with Gasteiger partial charge >= 0.3 is 0 Å². The quantitative estimate of drug-likeness (QED) is 0.0883. The van der Waals surface area contributed by atoms with Crippen LogP contribution in [0.1, 0.15) is 116 Å². The molecule has 0 saturated carbocycles. The van der Waals surface area contributed by atoms with Gasteiger partial charge in [-0.25, -0.2) is 0 Å². The molecule has 2 aromatic carbocycles. The fourth-order valence-electron chi connectivity index (χ4n) is 9.89. The van der Waals surface area contributed by atoms with E-state index in [0.717, 1.165) is 55.0 Å². The topological polar surface area (TPSA) is 136 Å². The standard InChI is InChI=1S/C41H51NO10/c1-10-12-17-50-24-19-26(46-6)33-28-23(21-39(33)22(3)15-14-16-38(39,4)5)32-31(34(47-7)29(24)28)36(44)40(45)27(41(32,48-8)49-9)20-25-30(35(40)43)37(42-52-25)51-18-13-11-2/h15,19,27,45H,10-14,16-18,20-21H2,1-9H3/t27-,39-,40+/m1/s1. The molecule has 3 aromatic rings. The van der Waals surface area contributed by atoms with Gasteiger partial charge in [0.05, 0.1) is 44.3 Å². The lowest BCUT2D eigenvalue weighted by molar-refractivity contribution is -0.275. The predicted octanol–water partition coefficient (Wildman–Crippen LogP) is 7.19. The van der Waals surface area contributed by atoms with Crippen LogP contribution in [0.15, 0.2) is 22.2 Å². The molecule has 11 nitrogen and oxygen atoms in total. The molecule has 4 aliphatic carbocycles. The molecule has 0 fully saturated rings. The normalized spacial score (nSPS) is 25.1. The summed E-state index contributed by atoms with van der Waals surface area (Å²) >= 11 is 0. The average molecular weight is 718 g/mol. The number of rotatable bonds is 12. The first kappa shape index (κ1) is 36.4. The van der Waals surface area contributed by atoms with Crippen molar-refractivity contribution in [1.29, 1.82) is 0 Å². The number of fused-ring (bicyclic) bond motifs is 5. The molecule has 52 heavy (non-hydrogen) atoms. The van der Waals surface area contributed by atoms with Crippen LogP contribution < -0.4 is 18.9 Å². The van der Waals surface area contributed by atoms with E-state index in [1.54, 1.807) is 7.11 Å². The molecule has 0 bridgehead atoms. The van der Waals surface area contributed by atoms with Crippen LogP contribution in [0.3, 0.4) is 0 Å². The van der Waals surface area contributed by atoms with Gasteiger partial charge in [-0.05, 0) is 55.2 Å². The fourth-order valence-corrected chi connectivity index (χ4v) is 9.89. The minimum Gasteiger partial charge on any atom is -0.496 e. The van der Waals surface area contributed by atoms with Gasteiger partial charge in [0.15, 0.2) is 11.4 Å². The Labute approximate surface area is 304 Å². The monoisotopic (exact) mass is 717 g/mol.